The molecule has 0 saturated heterocycles. The third-order valence-electron chi connectivity index (χ3n) is 2.91. The molecule has 0 radical (unpaired) electrons. The molecule has 2 nitrogen and oxygen atoms in total. The molecule has 1 aliphatic rings. The molecule has 1 fully saturated rings. The summed E-state index contributed by atoms with van der Waals surface area (Å²) in [5.41, 5.74) is 5.81. The molecule has 0 atom stereocenters. The molecule has 0 aromatic carbocycles. The van der Waals surface area contributed by atoms with Gasteiger partial charge in [-0.25, -0.2) is 0 Å². The summed E-state index contributed by atoms with van der Waals surface area (Å²) in [5, 5.41) is 8.62. The van der Waals surface area contributed by atoms with Crippen LogP contribution in [0.4, 0.5) is 0 Å². The number of rotatable bonds is 4. The molecule has 0 spiro atoms. The largest absolute Gasteiger partial charge is 0.396 e. The van der Waals surface area contributed by atoms with Crippen molar-refractivity contribution < 1.29 is 5.11 Å². The molecule has 0 amide bonds. The maximum Gasteiger partial charge on any atom is 0.0431 e. The topological polar surface area (TPSA) is 46.2 Å². The summed E-state index contributed by atoms with van der Waals surface area (Å²) >= 11 is 0. The van der Waals surface area contributed by atoms with E-state index in [9.17, 15) is 0 Å². The van der Waals surface area contributed by atoms with Crippen LogP contribution < -0.4 is 5.73 Å². The Labute approximate surface area is 75.2 Å². The lowest BCUT2D eigenvalue weighted by molar-refractivity contribution is 0.262. The second kappa shape index (κ2) is 5.55. The van der Waals surface area contributed by atoms with Gasteiger partial charge in [0, 0.05) is 12.6 Å². The fraction of sp³-hybridized carbons (Fsp3) is 1.00. The molecule has 0 heterocycles. The molecule has 0 aromatic heterocycles. The zero-order valence-corrected chi connectivity index (χ0v) is 7.84. The lowest BCUT2D eigenvalue weighted by atomic mass is 9.83. The molecule has 72 valence electrons. The Kier molecular flexibility index (Phi) is 4.62. The molecule has 3 N–H and O–H groups in total. The van der Waals surface area contributed by atoms with Crippen molar-refractivity contribution in [2.75, 3.05) is 6.61 Å². The van der Waals surface area contributed by atoms with Crippen molar-refractivity contribution in [1.82, 2.24) is 0 Å². The number of nitrogens with two attached hydrogens (primary N) is 1. The molecule has 0 unspecified atom stereocenters. The Morgan fingerprint density at radius 2 is 1.75 bits per heavy atom. The second-order valence-electron chi connectivity index (χ2n) is 4.00. The number of aliphatic hydroxyl groups is 1. The lowest BCUT2D eigenvalue weighted by Crippen LogP contribution is -2.26. The van der Waals surface area contributed by atoms with Gasteiger partial charge in [0.15, 0.2) is 0 Å². The average molecular weight is 171 g/mol. The lowest BCUT2D eigenvalue weighted by Gasteiger charge is -2.25. The summed E-state index contributed by atoms with van der Waals surface area (Å²) in [4.78, 5) is 0. The minimum atomic E-state index is 0.353. The van der Waals surface area contributed by atoms with Crippen LogP contribution in [0.3, 0.4) is 0 Å². The predicted molar refractivity (Wildman–Crippen MR) is 50.9 cm³/mol. The van der Waals surface area contributed by atoms with Crippen LogP contribution in [-0.2, 0) is 0 Å². The molecule has 1 saturated carbocycles. The number of hydrogen-bond donors (Lipinski definition) is 2. The third kappa shape index (κ3) is 3.55. The molecular weight excluding hydrogens is 150 g/mol. The number of hydrogen-bond acceptors (Lipinski definition) is 2. The molecule has 0 aliphatic heterocycles. The fourth-order valence-corrected chi connectivity index (χ4v) is 2.02. The second-order valence-corrected chi connectivity index (χ2v) is 4.00. The van der Waals surface area contributed by atoms with Gasteiger partial charge in [0.05, 0.1) is 0 Å². The van der Waals surface area contributed by atoms with E-state index in [-0.39, 0.29) is 0 Å². The first kappa shape index (κ1) is 10.0. The molecule has 1 aliphatic carbocycles. The maximum atomic E-state index is 8.62. The smallest absolute Gasteiger partial charge is 0.0431 e. The van der Waals surface area contributed by atoms with E-state index < -0.39 is 0 Å². The first-order chi connectivity index (χ1) is 5.83. The zero-order chi connectivity index (χ0) is 8.81. The van der Waals surface area contributed by atoms with Gasteiger partial charge in [-0.3, -0.25) is 0 Å². The van der Waals surface area contributed by atoms with Crippen LogP contribution in [0.1, 0.15) is 44.9 Å². The fourth-order valence-electron chi connectivity index (χ4n) is 2.02. The van der Waals surface area contributed by atoms with Crippen molar-refractivity contribution in [2.45, 2.75) is 51.0 Å². The highest BCUT2D eigenvalue weighted by molar-refractivity contribution is 4.73. The summed E-state index contributed by atoms with van der Waals surface area (Å²) < 4.78 is 0. The minimum Gasteiger partial charge on any atom is -0.396 e. The van der Waals surface area contributed by atoms with Crippen molar-refractivity contribution in [2.24, 2.45) is 11.7 Å². The molecule has 0 bridgehead atoms. The molecule has 12 heavy (non-hydrogen) atoms. The summed E-state index contributed by atoms with van der Waals surface area (Å²) in [6, 6.07) is 0.471. The van der Waals surface area contributed by atoms with Gasteiger partial charge in [0.2, 0.25) is 0 Å². The Balaban J connectivity index is 2.01. The quantitative estimate of drug-likeness (QED) is 0.632. The minimum absolute atomic E-state index is 0.353. The van der Waals surface area contributed by atoms with Crippen LogP contribution >= 0.6 is 0 Å². The van der Waals surface area contributed by atoms with E-state index >= 15 is 0 Å². The highest BCUT2D eigenvalue weighted by Crippen LogP contribution is 2.27. The number of aliphatic hydroxyl groups excluding tert-OH is 1. The van der Waals surface area contributed by atoms with Gasteiger partial charge in [-0.1, -0.05) is 12.8 Å². The Hall–Kier alpha value is -0.0800. The molecule has 2 heteroatoms. The Morgan fingerprint density at radius 3 is 2.33 bits per heavy atom. The average Bonchev–Trinajstić information content (AvgIpc) is 2.09. The van der Waals surface area contributed by atoms with E-state index in [4.69, 9.17) is 10.8 Å². The van der Waals surface area contributed by atoms with Gasteiger partial charge >= 0.3 is 0 Å². The summed E-state index contributed by atoms with van der Waals surface area (Å²) in [6.07, 6.45) is 8.51. The van der Waals surface area contributed by atoms with Crippen molar-refractivity contribution in [3.8, 4) is 0 Å². The monoisotopic (exact) mass is 171 g/mol. The van der Waals surface area contributed by atoms with Gasteiger partial charge in [-0.2, -0.15) is 0 Å². The molecule has 1 rings (SSSR count). The van der Waals surface area contributed by atoms with Crippen molar-refractivity contribution in [1.29, 1.82) is 0 Å². The summed E-state index contributed by atoms with van der Waals surface area (Å²) in [7, 11) is 0. The Bertz CT molecular complexity index is 108. The van der Waals surface area contributed by atoms with E-state index in [1.165, 1.54) is 38.5 Å². The maximum absolute atomic E-state index is 8.62. The molecule has 0 aromatic rings. The summed E-state index contributed by atoms with van der Waals surface area (Å²) in [5.74, 6) is 0.899. The number of unbranched alkanes of at least 4 members (excludes halogenated alkanes) is 1. The van der Waals surface area contributed by atoms with Crippen LogP contribution in [0.15, 0.2) is 0 Å². The zero-order valence-electron chi connectivity index (χ0n) is 7.84. The van der Waals surface area contributed by atoms with E-state index in [0.29, 0.717) is 12.6 Å². The van der Waals surface area contributed by atoms with Crippen LogP contribution in [-0.4, -0.2) is 17.8 Å². The van der Waals surface area contributed by atoms with Crippen LogP contribution in [0.25, 0.3) is 0 Å². The van der Waals surface area contributed by atoms with E-state index in [1.807, 2.05) is 0 Å². The van der Waals surface area contributed by atoms with E-state index in [2.05, 4.69) is 0 Å². The van der Waals surface area contributed by atoms with Gasteiger partial charge in [0.1, 0.15) is 0 Å². The first-order valence-corrected chi connectivity index (χ1v) is 5.19. The van der Waals surface area contributed by atoms with Crippen molar-refractivity contribution in [3.63, 3.8) is 0 Å². The highest BCUT2D eigenvalue weighted by Gasteiger charge is 2.17. The van der Waals surface area contributed by atoms with E-state index in [1.54, 1.807) is 0 Å². The molecular formula is C10H21NO. The third-order valence-corrected chi connectivity index (χ3v) is 2.91. The Morgan fingerprint density at radius 1 is 1.08 bits per heavy atom. The highest BCUT2D eigenvalue weighted by atomic mass is 16.2. The van der Waals surface area contributed by atoms with Crippen LogP contribution in [0.5, 0.6) is 0 Å². The van der Waals surface area contributed by atoms with E-state index in [0.717, 1.165) is 12.3 Å². The summed E-state index contributed by atoms with van der Waals surface area (Å²) in [6.45, 7) is 0.353. The predicted octanol–water partition coefficient (Wildman–Crippen LogP) is 1.67. The normalized spacial score (nSPS) is 30.5. The van der Waals surface area contributed by atoms with Gasteiger partial charge in [0.25, 0.3) is 0 Å². The SMILES string of the molecule is NC1CCC(CCCCO)CC1. The standard InChI is InChI=1S/C10H21NO/c11-10-6-4-9(5-7-10)3-1-2-8-12/h9-10,12H,1-8,11H2. The van der Waals surface area contributed by atoms with Crippen molar-refractivity contribution >= 4 is 0 Å². The van der Waals surface area contributed by atoms with Gasteiger partial charge in [-0.05, 0) is 38.0 Å². The van der Waals surface area contributed by atoms with Crippen LogP contribution in [0.2, 0.25) is 0 Å². The van der Waals surface area contributed by atoms with Gasteiger partial charge in [-0.15, -0.1) is 0 Å². The van der Waals surface area contributed by atoms with Gasteiger partial charge < -0.3 is 10.8 Å². The van der Waals surface area contributed by atoms with Crippen LogP contribution in [0, 0.1) is 5.92 Å². The van der Waals surface area contributed by atoms with Crippen molar-refractivity contribution in [3.05, 3.63) is 0 Å². The first-order valence-electron chi connectivity index (χ1n) is 5.19.